The summed E-state index contributed by atoms with van der Waals surface area (Å²) in [5.41, 5.74) is 2.02. The van der Waals surface area contributed by atoms with Crippen molar-refractivity contribution in [3.05, 3.63) is 11.4 Å². The van der Waals surface area contributed by atoms with Crippen LogP contribution in [-0.2, 0) is 11.8 Å². The number of aryl methyl sites for hydroxylation is 2. The van der Waals surface area contributed by atoms with Crippen LogP contribution in [0.15, 0.2) is 0 Å². The molecule has 1 aliphatic rings. The Hall–Kier alpha value is -1.07. The number of likely N-dealkylation sites (N-methyl/N-ethyl adjacent to an activating group) is 1. The van der Waals surface area contributed by atoms with Crippen LogP contribution in [0.25, 0.3) is 0 Å². The lowest BCUT2D eigenvalue weighted by Gasteiger charge is -2.44. The second-order valence-electron chi connectivity index (χ2n) is 5.52. The van der Waals surface area contributed by atoms with Crippen molar-refractivity contribution >= 4 is 0 Å². The Bertz CT molecular complexity index is 445. The molecule has 1 heterocycles. The fourth-order valence-electron chi connectivity index (χ4n) is 2.71. The molecule has 5 heteroatoms. The smallest absolute Gasteiger partial charge is 0.163 e. The molecule has 0 aliphatic heterocycles. The van der Waals surface area contributed by atoms with Gasteiger partial charge < -0.3 is 14.8 Å². The number of hydrogen-bond donors (Lipinski definition) is 1. The zero-order chi connectivity index (χ0) is 14.7. The minimum Gasteiger partial charge on any atom is -0.484 e. The average Bonchev–Trinajstić information content (AvgIpc) is 2.64. The van der Waals surface area contributed by atoms with Crippen LogP contribution in [0, 0.1) is 13.8 Å². The summed E-state index contributed by atoms with van der Waals surface area (Å²) in [7, 11) is 1.95. The second kappa shape index (κ2) is 6.59. The van der Waals surface area contributed by atoms with E-state index in [1.807, 2.05) is 25.6 Å². The molecule has 1 aromatic rings. The number of hydrogen-bond acceptors (Lipinski definition) is 4. The van der Waals surface area contributed by atoms with Crippen LogP contribution in [0.5, 0.6) is 5.75 Å². The first kappa shape index (κ1) is 15.3. The van der Waals surface area contributed by atoms with Crippen LogP contribution >= 0.6 is 0 Å². The van der Waals surface area contributed by atoms with Gasteiger partial charge in [0.25, 0.3) is 0 Å². The fourth-order valence-corrected chi connectivity index (χ4v) is 2.71. The van der Waals surface area contributed by atoms with Gasteiger partial charge in [-0.15, -0.1) is 0 Å². The Balaban J connectivity index is 2.01. The lowest BCUT2D eigenvalue weighted by molar-refractivity contribution is -0.108. The number of rotatable bonds is 7. The van der Waals surface area contributed by atoms with Crippen LogP contribution in [0.1, 0.15) is 38.1 Å². The molecule has 5 nitrogen and oxygen atoms in total. The van der Waals surface area contributed by atoms with Crippen molar-refractivity contribution in [2.45, 2.75) is 58.8 Å². The number of ether oxygens (including phenoxy) is 2. The molecule has 20 heavy (non-hydrogen) atoms. The Labute approximate surface area is 121 Å². The van der Waals surface area contributed by atoms with Gasteiger partial charge in [-0.2, -0.15) is 5.10 Å². The number of nitrogens with zero attached hydrogens (tertiary/aromatic N) is 2. The summed E-state index contributed by atoms with van der Waals surface area (Å²) in [5.74, 6) is 0.914. The van der Waals surface area contributed by atoms with Crippen LogP contribution in [-0.4, -0.2) is 41.2 Å². The summed E-state index contributed by atoms with van der Waals surface area (Å²) in [5, 5.41) is 7.87. The van der Waals surface area contributed by atoms with Gasteiger partial charge in [0.05, 0.1) is 5.69 Å². The van der Waals surface area contributed by atoms with Gasteiger partial charge in [0, 0.05) is 26.1 Å². The van der Waals surface area contributed by atoms with E-state index in [2.05, 4.69) is 24.3 Å². The fraction of sp³-hybridized carbons (Fsp3) is 0.800. The molecule has 1 N–H and O–H groups in total. The largest absolute Gasteiger partial charge is 0.484 e. The van der Waals surface area contributed by atoms with Gasteiger partial charge in [-0.25, -0.2) is 0 Å². The van der Waals surface area contributed by atoms with Crippen LogP contribution < -0.4 is 10.1 Å². The highest BCUT2D eigenvalue weighted by atomic mass is 16.5. The molecule has 1 fully saturated rings. The van der Waals surface area contributed by atoms with Gasteiger partial charge in [-0.05, 0) is 26.8 Å². The molecule has 1 aliphatic carbocycles. The van der Waals surface area contributed by atoms with Gasteiger partial charge in [0.1, 0.15) is 17.9 Å². The van der Waals surface area contributed by atoms with E-state index in [4.69, 9.17) is 9.47 Å². The maximum absolute atomic E-state index is 6.17. The Kier molecular flexibility index (Phi) is 5.05. The van der Waals surface area contributed by atoms with Crippen molar-refractivity contribution in [3.63, 3.8) is 0 Å². The molecular weight excluding hydrogens is 254 g/mol. The summed E-state index contributed by atoms with van der Waals surface area (Å²) in [6.07, 6.45) is 2.31. The SMILES string of the molecule is CCCOC1C(NCC)CC1Oc1c(C)nn(C)c1C. The van der Waals surface area contributed by atoms with Crippen molar-refractivity contribution in [1.29, 1.82) is 0 Å². The highest BCUT2D eigenvalue weighted by Gasteiger charge is 2.43. The Morgan fingerprint density at radius 1 is 1.35 bits per heavy atom. The van der Waals surface area contributed by atoms with Gasteiger partial charge in [0.2, 0.25) is 0 Å². The summed E-state index contributed by atoms with van der Waals surface area (Å²) >= 11 is 0. The third-order valence-corrected chi connectivity index (χ3v) is 3.94. The zero-order valence-electron chi connectivity index (χ0n) is 13.3. The highest BCUT2D eigenvalue weighted by molar-refractivity contribution is 5.32. The molecule has 3 unspecified atom stereocenters. The molecule has 114 valence electrons. The molecule has 1 aromatic heterocycles. The summed E-state index contributed by atoms with van der Waals surface area (Å²) in [6.45, 7) is 10.0. The van der Waals surface area contributed by atoms with E-state index in [0.717, 1.165) is 43.1 Å². The Morgan fingerprint density at radius 2 is 2.10 bits per heavy atom. The van der Waals surface area contributed by atoms with Crippen LogP contribution in [0.2, 0.25) is 0 Å². The quantitative estimate of drug-likeness (QED) is 0.830. The lowest BCUT2D eigenvalue weighted by atomic mass is 9.85. The van der Waals surface area contributed by atoms with Crippen LogP contribution in [0.4, 0.5) is 0 Å². The average molecular weight is 281 g/mol. The van der Waals surface area contributed by atoms with Gasteiger partial charge in [0.15, 0.2) is 5.75 Å². The van der Waals surface area contributed by atoms with E-state index in [1.54, 1.807) is 0 Å². The first-order chi connectivity index (χ1) is 9.58. The topological polar surface area (TPSA) is 48.3 Å². The van der Waals surface area contributed by atoms with Gasteiger partial charge >= 0.3 is 0 Å². The predicted octanol–water partition coefficient (Wildman–Crippen LogP) is 1.96. The standard InChI is InChI=1S/C15H27N3O2/c1-6-8-19-15-12(16-7-2)9-13(15)20-14-10(3)17-18(5)11(14)4/h12-13,15-16H,6-9H2,1-5H3. The van der Waals surface area contributed by atoms with E-state index in [1.165, 1.54) is 0 Å². The number of aromatic nitrogens is 2. The molecule has 3 atom stereocenters. The van der Waals surface area contributed by atoms with Gasteiger partial charge in [-0.1, -0.05) is 13.8 Å². The Morgan fingerprint density at radius 3 is 2.65 bits per heavy atom. The predicted molar refractivity (Wildman–Crippen MR) is 79.2 cm³/mol. The lowest BCUT2D eigenvalue weighted by Crippen LogP contribution is -2.61. The molecule has 0 saturated heterocycles. The third-order valence-electron chi connectivity index (χ3n) is 3.94. The molecule has 0 aromatic carbocycles. The third kappa shape index (κ3) is 2.99. The van der Waals surface area contributed by atoms with Crippen LogP contribution in [0.3, 0.4) is 0 Å². The number of nitrogens with one attached hydrogen (secondary N) is 1. The molecule has 0 radical (unpaired) electrons. The van der Waals surface area contributed by atoms with E-state index in [-0.39, 0.29) is 12.2 Å². The minimum absolute atomic E-state index is 0.132. The molecule has 1 saturated carbocycles. The van der Waals surface area contributed by atoms with E-state index < -0.39 is 0 Å². The van der Waals surface area contributed by atoms with E-state index in [9.17, 15) is 0 Å². The maximum atomic E-state index is 6.17. The molecule has 0 amide bonds. The van der Waals surface area contributed by atoms with E-state index in [0.29, 0.717) is 6.04 Å². The maximum Gasteiger partial charge on any atom is 0.163 e. The second-order valence-corrected chi connectivity index (χ2v) is 5.52. The van der Waals surface area contributed by atoms with E-state index >= 15 is 0 Å². The van der Waals surface area contributed by atoms with Crippen molar-refractivity contribution in [2.24, 2.45) is 7.05 Å². The first-order valence-corrected chi connectivity index (χ1v) is 7.60. The van der Waals surface area contributed by atoms with Crippen molar-refractivity contribution in [3.8, 4) is 5.75 Å². The zero-order valence-corrected chi connectivity index (χ0v) is 13.3. The minimum atomic E-state index is 0.132. The normalized spacial score (nSPS) is 25.6. The van der Waals surface area contributed by atoms with Crippen molar-refractivity contribution in [1.82, 2.24) is 15.1 Å². The van der Waals surface area contributed by atoms with Crippen molar-refractivity contribution in [2.75, 3.05) is 13.2 Å². The summed E-state index contributed by atoms with van der Waals surface area (Å²) in [4.78, 5) is 0. The summed E-state index contributed by atoms with van der Waals surface area (Å²) < 4.78 is 14.0. The molecular formula is C15H27N3O2. The molecule has 0 bridgehead atoms. The monoisotopic (exact) mass is 281 g/mol. The molecule has 0 spiro atoms. The first-order valence-electron chi connectivity index (χ1n) is 7.60. The summed E-state index contributed by atoms with van der Waals surface area (Å²) in [6, 6.07) is 0.411. The van der Waals surface area contributed by atoms with Gasteiger partial charge in [-0.3, -0.25) is 4.68 Å². The highest BCUT2D eigenvalue weighted by Crippen LogP contribution is 2.32. The van der Waals surface area contributed by atoms with Crippen molar-refractivity contribution < 1.29 is 9.47 Å². The molecule has 2 rings (SSSR count).